The minimum absolute atomic E-state index is 0.641. The number of fused-ring (bicyclic) bond motifs is 2. The Morgan fingerprint density at radius 2 is 0.786 bits per heavy atom. The van der Waals surface area contributed by atoms with Gasteiger partial charge in [-0.15, -0.1) is 0 Å². The highest BCUT2D eigenvalue weighted by Crippen LogP contribution is 2.33. The fourth-order valence-electron chi connectivity index (χ4n) is 5.40. The van der Waals surface area contributed by atoms with Crippen LogP contribution in [0.25, 0.3) is 66.2 Å². The van der Waals surface area contributed by atoms with Gasteiger partial charge in [0.1, 0.15) is 0 Å². The Kier molecular flexibility index (Phi) is 6.32. The monoisotopic (exact) mass is 551 g/mol. The smallest absolute Gasteiger partial charge is 0.256 e. The molecule has 0 amide bonds. The standard InChI is InChI=1S/C38H24F3N/c39-38(40,41)36-19-17-26(18-20-36)25-5-7-27(8-6-25)30-13-15-33-22-31(14-16-32(33)21-30)28-9-11-29(12-10-28)35-23-34-3-1-2-4-37(34)42-24-35/h1-24H. The Morgan fingerprint density at radius 3 is 1.31 bits per heavy atom. The number of pyridine rings is 1. The van der Waals surface area contributed by atoms with Crippen molar-refractivity contribution < 1.29 is 13.2 Å². The third kappa shape index (κ3) is 5.04. The molecular weight excluding hydrogens is 527 g/mol. The van der Waals surface area contributed by atoms with E-state index in [0.29, 0.717) is 0 Å². The molecule has 0 bridgehead atoms. The van der Waals surface area contributed by atoms with E-state index in [0.717, 1.165) is 78.3 Å². The number of rotatable bonds is 4. The maximum absolute atomic E-state index is 12.9. The van der Waals surface area contributed by atoms with Crippen molar-refractivity contribution in [1.82, 2.24) is 4.98 Å². The summed E-state index contributed by atoms with van der Waals surface area (Å²) in [5, 5.41) is 3.42. The maximum atomic E-state index is 12.9. The van der Waals surface area contributed by atoms with E-state index in [1.807, 2.05) is 48.7 Å². The lowest BCUT2D eigenvalue weighted by Crippen LogP contribution is -2.03. The summed E-state index contributed by atoms with van der Waals surface area (Å²) < 4.78 is 38.7. The number of hydrogen-bond acceptors (Lipinski definition) is 1. The van der Waals surface area contributed by atoms with E-state index in [-0.39, 0.29) is 0 Å². The molecule has 1 heterocycles. The fourth-order valence-corrected chi connectivity index (χ4v) is 5.40. The van der Waals surface area contributed by atoms with Crippen molar-refractivity contribution in [3.05, 3.63) is 151 Å². The van der Waals surface area contributed by atoms with Gasteiger partial charge >= 0.3 is 6.18 Å². The van der Waals surface area contributed by atoms with Gasteiger partial charge in [0.05, 0.1) is 11.1 Å². The van der Waals surface area contributed by atoms with E-state index in [9.17, 15) is 13.2 Å². The summed E-state index contributed by atoms with van der Waals surface area (Å²) in [6.07, 6.45) is -2.41. The van der Waals surface area contributed by atoms with Crippen LogP contribution in [-0.4, -0.2) is 4.98 Å². The molecule has 202 valence electrons. The Balaban J connectivity index is 1.11. The van der Waals surface area contributed by atoms with Gasteiger partial charge in [0.2, 0.25) is 0 Å². The molecule has 0 saturated carbocycles. The van der Waals surface area contributed by atoms with Crippen LogP contribution < -0.4 is 0 Å². The molecule has 6 aromatic carbocycles. The summed E-state index contributed by atoms with van der Waals surface area (Å²) >= 11 is 0. The van der Waals surface area contributed by atoms with Crippen molar-refractivity contribution in [2.75, 3.05) is 0 Å². The lowest BCUT2D eigenvalue weighted by atomic mass is 9.95. The zero-order valence-corrected chi connectivity index (χ0v) is 22.4. The van der Waals surface area contributed by atoms with E-state index in [1.165, 1.54) is 12.1 Å². The molecule has 0 aliphatic carbocycles. The first-order chi connectivity index (χ1) is 20.4. The fraction of sp³-hybridized carbons (Fsp3) is 0.0263. The van der Waals surface area contributed by atoms with Crippen molar-refractivity contribution in [2.45, 2.75) is 6.18 Å². The van der Waals surface area contributed by atoms with Crippen LogP contribution in [0.5, 0.6) is 0 Å². The number of hydrogen-bond donors (Lipinski definition) is 0. The number of benzene rings is 6. The first-order valence-corrected chi connectivity index (χ1v) is 13.7. The maximum Gasteiger partial charge on any atom is 0.416 e. The van der Waals surface area contributed by atoms with Gasteiger partial charge in [-0.05, 0) is 86.1 Å². The van der Waals surface area contributed by atoms with Crippen molar-refractivity contribution in [3.8, 4) is 44.5 Å². The molecule has 0 aliphatic rings. The topological polar surface area (TPSA) is 12.9 Å². The van der Waals surface area contributed by atoms with Gasteiger partial charge in [-0.25, -0.2) is 0 Å². The number of nitrogens with zero attached hydrogens (tertiary/aromatic N) is 1. The Hall–Kier alpha value is -5.22. The van der Waals surface area contributed by atoms with E-state index in [2.05, 4.69) is 77.8 Å². The SMILES string of the molecule is FC(F)(F)c1ccc(-c2ccc(-c3ccc4cc(-c5ccc(-c6cnc7ccccc7c6)cc5)ccc4c3)cc2)cc1. The van der Waals surface area contributed by atoms with E-state index in [1.54, 1.807) is 0 Å². The van der Waals surface area contributed by atoms with Crippen LogP contribution in [0.2, 0.25) is 0 Å². The molecule has 0 aliphatic heterocycles. The second kappa shape index (κ2) is 10.3. The molecule has 1 aromatic heterocycles. The highest BCUT2D eigenvalue weighted by Gasteiger charge is 2.29. The summed E-state index contributed by atoms with van der Waals surface area (Å²) in [6.45, 7) is 0. The lowest BCUT2D eigenvalue weighted by Gasteiger charge is -2.10. The van der Waals surface area contributed by atoms with Crippen molar-refractivity contribution in [3.63, 3.8) is 0 Å². The van der Waals surface area contributed by atoms with E-state index >= 15 is 0 Å². The molecule has 4 heteroatoms. The van der Waals surface area contributed by atoms with Gasteiger partial charge in [-0.3, -0.25) is 4.98 Å². The minimum Gasteiger partial charge on any atom is -0.256 e. The van der Waals surface area contributed by atoms with E-state index < -0.39 is 11.7 Å². The number of para-hydroxylation sites is 1. The van der Waals surface area contributed by atoms with Crippen LogP contribution in [-0.2, 0) is 6.18 Å². The average Bonchev–Trinajstić information content (AvgIpc) is 3.04. The quantitative estimate of drug-likeness (QED) is 0.212. The van der Waals surface area contributed by atoms with Crippen LogP contribution >= 0.6 is 0 Å². The lowest BCUT2D eigenvalue weighted by molar-refractivity contribution is -0.137. The number of alkyl halides is 3. The van der Waals surface area contributed by atoms with Crippen LogP contribution in [0.1, 0.15) is 5.56 Å². The molecule has 0 radical (unpaired) electrons. The first-order valence-electron chi connectivity index (χ1n) is 13.7. The molecular formula is C38H24F3N. The molecule has 0 unspecified atom stereocenters. The summed E-state index contributed by atoms with van der Waals surface area (Å²) in [6, 6.07) is 45.0. The van der Waals surface area contributed by atoms with Gasteiger partial charge in [-0.2, -0.15) is 13.2 Å². The van der Waals surface area contributed by atoms with Gasteiger partial charge in [-0.1, -0.05) is 103 Å². The Bertz CT molecular complexity index is 2040. The molecule has 0 atom stereocenters. The first kappa shape index (κ1) is 25.7. The minimum atomic E-state index is -4.33. The Labute approximate surface area is 241 Å². The van der Waals surface area contributed by atoms with Crippen LogP contribution in [0.3, 0.4) is 0 Å². The molecule has 0 fully saturated rings. The van der Waals surface area contributed by atoms with Gasteiger partial charge in [0.25, 0.3) is 0 Å². The molecule has 0 N–H and O–H groups in total. The highest BCUT2D eigenvalue weighted by molar-refractivity contribution is 5.91. The number of aromatic nitrogens is 1. The highest BCUT2D eigenvalue weighted by atomic mass is 19.4. The third-order valence-electron chi connectivity index (χ3n) is 7.75. The molecule has 0 saturated heterocycles. The summed E-state index contributed by atoms with van der Waals surface area (Å²) in [7, 11) is 0. The van der Waals surface area contributed by atoms with Crippen molar-refractivity contribution >= 4 is 21.7 Å². The van der Waals surface area contributed by atoms with E-state index in [4.69, 9.17) is 0 Å². The predicted octanol–water partition coefficient (Wildman–Crippen LogP) is 11.1. The molecule has 42 heavy (non-hydrogen) atoms. The van der Waals surface area contributed by atoms with Crippen LogP contribution in [0, 0.1) is 0 Å². The largest absolute Gasteiger partial charge is 0.416 e. The zero-order valence-electron chi connectivity index (χ0n) is 22.4. The van der Waals surface area contributed by atoms with Crippen LogP contribution in [0.4, 0.5) is 13.2 Å². The molecule has 7 rings (SSSR count). The third-order valence-corrected chi connectivity index (χ3v) is 7.75. The predicted molar refractivity (Wildman–Crippen MR) is 166 cm³/mol. The molecule has 0 spiro atoms. The summed E-state index contributed by atoms with van der Waals surface area (Å²) in [5.74, 6) is 0. The van der Waals surface area contributed by atoms with Crippen molar-refractivity contribution in [1.29, 1.82) is 0 Å². The van der Waals surface area contributed by atoms with Crippen LogP contribution in [0.15, 0.2) is 146 Å². The number of halogens is 3. The normalized spacial score (nSPS) is 11.7. The molecule has 1 nitrogen and oxygen atoms in total. The van der Waals surface area contributed by atoms with Gasteiger partial charge < -0.3 is 0 Å². The summed E-state index contributed by atoms with van der Waals surface area (Å²) in [4.78, 5) is 4.60. The second-order valence-electron chi connectivity index (χ2n) is 10.4. The van der Waals surface area contributed by atoms with Crippen molar-refractivity contribution in [2.24, 2.45) is 0 Å². The summed E-state index contributed by atoms with van der Waals surface area (Å²) in [5.41, 5.74) is 8.65. The Morgan fingerprint density at radius 1 is 0.381 bits per heavy atom. The van der Waals surface area contributed by atoms with Gasteiger partial charge in [0, 0.05) is 17.1 Å². The second-order valence-corrected chi connectivity index (χ2v) is 10.4. The van der Waals surface area contributed by atoms with Gasteiger partial charge in [0.15, 0.2) is 0 Å². The molecule has 7 aromatic rings. The zero-order chi connectivity index (χ0) is 28.7. The average molecular weight is 552 g/mol.